The van der Waals surface area contributed by atoms with Gasteiger partial charge in [0.1, 0.15) is 5.69 Å². The summed E-state index contributed by atoms with van der Waals surface area (Å²) in [6.07, 6.45) is 1.69. The smallest absolute Gasteiger partial charge is 0.277 e. The number of nitrogens with one attached hydrogen (secondary N) is 2. The summed E-state index contributed by atoms with van der Waals surface area (Å²) in [5.74, 6) is -0.106. The fourth-order valence-corrected chi connectivity index (χ4v) is 3.16. The number of imidazole rings is 1. The zero-order valence-corrected chi connectivity index (χ0v) is 11.9. The Kier molecular flexibility index (Phi) is 2.76. The van der Waals surface area contributed by atoms with E-state index in [9.17, 15) is 9.59 Å². The van der Waals surface area contributed by atoms with Crippen molar-refractivity contribution in [3.63, 3.8) is 0 Å². The average molecular weight is 311 g/mol. The van der Waals surface area contributed by atoms with Crippen molar-refractivity contribution in [2.75, 3.05) is 5.32 Å². The van der Waals surface area contributed by atoms with Crippen molar-refractivity contribution >= 4 is 38.2 Å². The van der Waals surface area contributed by atoms with Gasteiger partial charge >= 0.3 is 0 Å². The quantitative estimate of drug-likeness (QED) is 0.591. The maximum Gasteiger partial charge on any atom is 0.277 e. The zero-order valence-electron chi connectivity index (χ0n) is 11.1. The van der Waals surface area contributed by atoms with Gasteiger partial charge in [0.15, 0.2) is 10.8 Å². The topological polar surface area (TPSA) is 92.1 Å². The number of amides is 1. The molecular weight excluding hydrogens is 302 g/mol. The number of nitrogens with zero attached hydrogens (tertiary/aromatic N) is 3. The molecule has 0 radical (unpaired) electrons. The van der Waals surface area contributed by atoms with Gasteiger partial charge in [-0.05, 0) is 18.2 Å². The standard InChI is InChI=1S/C14H9N5O2S/c20-12-6-5-11(17-18-12)16-13(21)8-7-19-9-3-1-2-4-10(9)22-14(19)15-8/h1-7H,(H,18,20)(H,16,17,21). The Hall–Kier alpha value is -3.00. The second-order valence-corrected chi connectivity index (χ2v) is 5.62. The van der Waals surface area contributed by atoms with Gasteiger partial charge in [-0.1, -0.05) is 23.5 Å². The third kappa shape index (κ3) is 2.06. The van der Waals surface area contributed by atoms with E-state index in [-0.39, 0.29) is 17.3 Å². The Morgan fingerprint density at radius 3 is 2.91 bits per heavy atom. The number of benzene rings is 1. The molecule has 0 aliphatic rings. The van der Waals surface area contributed by atoms with Crippen LogP contribution in [0.2, 0.25) is 0 Å². The molecule has 3 heterocycles. The van der Waals surface area contributed by atoms with Crippen molar-refractivity contribution < 1.29 is 4.79 Å². The average Bonchev–Trinajstić information content (AvgIpc) is 3.07. The minimum Gasteiger partial charge on any atom is -0.304 e. The van der Waals surface area contributed by atoms with E-state index >= 15 is 0 Å². The third-order valence-electron chi connectivity index (χ3n) is 3.15. The van der Waals surface area contributed by atoms with E-state index in [1.165, 1.54) is 23.5 Å². The molecule has 0 unspecified atom stereocenters. The number of fused-ring (bicyclic) bond motifs is 3. The van der Waals surface area contributed by atoms with Crippen LogP contribution in [0.4, 0.5) is 5.82 Å². The van der Waals surface area contributed by atoms with Gasteiger partial charge in [0.2, 0.25) is 0 Å². The van der Waals surface area contributed by atoms with E-state index in [2.05, 4.69) is 20.5 Å². The van der Waals surface area contributed by atoms with Crippen LogP contribution in [0.5, 0.6) is 0 Å². The van der Waals surface area contributed by atoms with E-state index < -0.39 is 0 Å². The normalized spacial score (nSPS) is 11.1. The molecule has 2 N–H and O–H groups in total. The lowest BCUT2D eigenvalue weighted by molar-refractivity contribution is 0.102. The van der Waals surface area contributed by atoms with Gasteiger partial charge in [0.25, 0.3) is 11.5 Å². The fraction of sp³-hybridized carbons (Fsp3) is 0. The predicted octanol–water partition coefficient (Wildman–Crippen LogP) is 1.88. The maximum absolute atomic E-state index is 12.2. The molecule has 0 aliphatic heterocycles. The lowest BCUT2D eigenvalue weighted by Gasteiger charge is -1.99. The van der Waals surface area contributed by atoms with Gasteiger partial charge in [-0.15, -0.1) is 0 Å². The molecule has 3 aromatic heterocycles. The number of hydrogen-bond donors (Lipinski definition) is 2. The van der Waals surface area contributed by atoms with Crippen molar-refractivity contribution in [2.24, 2.45) is 0 Å². The predicted molar refractivity (Wildman–Crippen MR) is 83.4 cm³/mol. The molecule has 1 amide bonds. The Balaban J connectivity index is 1.69. The number of aromatic amines is 1. The van der Waals surface area contributed by atoms with Gasteiger partial charge in [-0.2, -0.15) is 5.10 Å². The van der Waals surface area contributed by atoms with E-state index in [0.717, 1.165) is 15.2 Å². The SMILES string of the molecule is O=C(Nc1ccc(=O)[nH]n1)c1cn2c(n1)sc1ccccc12. The monoisotopic (exact) mass is 311 g/mol. The zero-order chi connectivity index (χ0) is 15.1. The van der Waals surface area contributed by atoms with Crippen LogP contribution >= 0.6 is 11.3 Å². The largest absolute Gasteiger partial charge is 0.304 e. The fourth-order valence-electron chi connectivity index (χ4n) is 2.15. The first kappa shape index (κ1) is 12.7. The van der Waals surface area contributed by atoms with Crippen molar-refractivity contribution in [1.82, 2.24) is 19.6 Å². The van der Waals surface area contributed by atoms with Crippen LogP contribution < -0.4 is 10.9 Å². The van der Waals surface area contributed by atoms with Crippen LogP contribution in [0.3, 0.4) is 0 Å². The molecule has 108 valence electrons. The summed E-state index contributed by atoms with van der Waals surface area (Å²) in [5, 5.41) is 8.59. The molecule has 0 atom stereocenters. The Morgan fingerprint density at radius 2 is 2.09 bits per heavy atom. The van der Waals surface area contributed by atoms with Gasteiger partial charge in [0, 0.05) is 12.3 Å². The van der Waals surface area contributed by atoms with E-state index in [4.69, 9.17) is 0 Å². The lowest BCUT2D eigenvalue weighted by Crippen LogP contribution is -2.16. The highest BCUT2D eigenvalue weighted by atomic mass is 32.1. The first-order chi connectivity index (χ1) is 10.7. The van der Waals surface area contributed by atoms with Crippen molar-refractivity contribution in [2.45, 2.75) is 0 Å². The van der Waals surface area contributed by atoms with Crippen molar-refractivity contribution in [3.05, 3.63) is 58.6 Å². The molecule has 0 aliphatic carbocycles. The highest BCUT2D eigenvalue weighted by molar-refractivity contribution is 7.23. The molecule has 8 heteroatoms. The highest BCUT2D eigenvalue weighted by Crippen LogP contribution is 2.26. The van der Waals surface area contributed by atoms with Gasteiger partial charge < -0.3 is 5.32 Å². The maximum atomic E-state index is 12.2. The van der Waals surface area contributed by atoms with Crippen LogP contribution in [0, 0.1) is 0 Å². The molecule has 0 bridgehead atoms. The highest BCUT2D eigenvalue weighted by Gasteiger charge is 2.14. The summed E-state index contributed by atoms with van der Waals surface area (Å²) in [6.45, 7) is 0. The number of H-pyrrole nitrogens is 1. The van der Waals surface area contributed by atoms with Gasteiger partial charge in [-0.3, -0.25) is 14.0 Å². The summed E-state index contributed by atoms with van der Waals surface area (Å²) in [6, 6.07) is 10.6. The number of para-hydroxylation sites is 1. The van der Waals surface area contributed by atoms with Crippen LogP contribution in [0.25, 0.3) is 15.2 Å². The second-order valence-electron chi connectivity index (χ2n) is 4.61. The Labute approximate surface area is 127 Å². The molecule has 0 saturated heterocycles. The van der Waals surface area contributed by atoms with Crippen LogP contribution in [-0.2, 0) is 0 Å². The summed E-state index contributed by atoms with van der Waals surface area (Å²) in [7, 11) is 0. The van der Waals surface area contributed by atoms with E-state index in [0.29, 0.717) is 5.69 Å². The molecule has 1 aromatic carbocycles. The van der Waals surface area contributed by atoms with Gasteiger partial charge in [-0.25, -0.2) is 10.1 Å². The summed E-state index contributed by atoms with van der Waals surface area (Å²) in [5.41, 5.74) is 0.980. The molecule has 0 saturated carbocycles. The van der Waals surface area contributed by atoms with Gasteiger partial charge in [0.05, 0.1) is 10.2 Å². The van der Waals surface area contributed by atoms with E-state index in [1.54, 1.807) is 6.20 Å². The summed E-state index contributed by atoms with van der Waals surface area (Å²) < 4.78 is 2.99. The minimum atomic E-state index is -0.375. The molecule has 0 fully saturated rings. The number of aromatic nitrogens is 4. The van der Waals surface area contributed by atoms with Crippen LogP contribution in [-0.4, -0.2) is 25.5 Å². The molecule has 7 nitrogen and oxygen atoms in total. The van der Waals surface area contributed by atoms with E-state index in [1.807, 2.05) is 28.7 Å². The summed E-state index contributed by atoms with van der Waals surface area (Å²) >= 11 is 1.52. The second kappa shape index (κ2) is 4.78. The number of carbonyl (C=O) groups excluding carboxylic acids is 1. The lowest BCUT2D eigenvalue weighted by atomic mass is 10.3. The third-order valence-corrected chi connectivity index (χ3v) is 4.19. The minimum absolute atomic E-state index is 0.269. The number of carbonyl (C=O) groups is 1. The van der Waals surface area contributed by atoms with Crippen LogP contribution in [0.15, 0.2) is 47.4 Å². The Morgan fingerprint density at radius 1 is 1.23 bits per heavy atom. The molecule has 4 aromatic rings. The first-order valence-corrected chi connectivity index (χ1v) is 7.26. The Bertz CT molecular complexity index is 1040. The van der Waals surface area contributed by atoms with Crippen molar-refractivity contribution in [3.8, 4) is 0 Å². The molecule has 4 rings (SSSR count). The van der Waals surface area contributed by atoms with Crippen molar-refractivity contribution in [1.29, 1.82) is 0 Å². The number of rotatable bonds is 2. The number of thiazole rings is 1. The molecular formula is C14H9N5O2S. The molecule has 22 heavy (non-hydrogen) atoms. The van der Waals surface area contributed by atoms with Crippen LogP contribution in [0.1, 0.15) is 10.5 Å². The molecule has 0 spiro atoms. The number of anilines is 1. The summed E-state index contributed by atoms with van der Waals surface area (Å²) in [4.78, 5) is 28.2. The number of hydrogen-bond acceptors (Lipinski definition) is 5. The first-order valence-electron chi connectivity index (χ1n) is 6.44.